The Hall–Kier alpha value is -3.17. The number of nitrogen functional groups attached to an aromatic ring is 1. The van der Waals surface area contributed by atoms with Gasteiger partial charge in [0.05, 0.1) is 19.0 Å². The van der Waals surface area contributed by atoms with E-state index in [-0.39, 0.29) is 24.3 Å². The Morgan fingerprint density at radius 2 is 2.05 bits per heavy atom. The van der Waals surface area contributed by atoms with E-state index >= 15 is 0 Å². The lowest BCUT2D eigenvalue weighted by atomic mass is 9.96. The smallest absolute Gasteiger partial charge is 0.323 e. The number of nitrogens with zero attached hydrogens (tertiary/aromatic N) is 4. The van der Waals surface area contributed by atoms with E-state index < -0.39 is 42.7 Å². The highest BCUT2D eigenvalue weighted by Crippen LogP contribution is 2.47. The normalized spacial score (nSPS) is 24.3. The number of carbonyl (C=O) groups excluding carboxylic acids is 1. The molecule has 3 aromatic rings. The van der Waals surface area contributed by atoms with Crippen LogP contribution >= 0.6 is 6.64 Å². The summed E-state index contributed by atoms with van der Waals surface area (Å²) >= 11 is 5.75. The van der Waals surface area contributed by atoms with Crippen LogP contribution in [0.25, 0.3) is 11.2 Å². The molecule has 4 rings (SSSR count). The molecule has 0 aliphatic carbocycles. The first-order valence-electron chi connectivity index (χ1n) is 13.2. The second-order valence-electron chi connectivity index (χ2n) is 10.2. The summed E-state index contributed by atoms with van der Waals surface area (Å²) in [5, 5.41) is 28.5. The number of esters is 1. The molecule has 228 valence electrons. The van der Waals surface area contributed by atoms with Gasteiger partial charge in [0.1, 0.15) is 29.6 Å². The van der Waals surface area contributed by atoms with Gasteiger partial charge in [-0.15, -0.1) is 6.58 Å². The quantitative estimate of drug-likeness (QED) is 0.106. The maximum Gasteiger partial charge on any atom is 0.323 e. The highest BCUT2D eigenvalue weighted by molar-refractivity contribution is 8.09. The molecule has 0 radical (unpaired) electrons. The van der Waals surface area contributed by atoms with Crippen LogP contribution in [0.5, 0.6) is 5.75 Å². The van der Waals surface area contributed by atoms with Crippen LogP contribution in [0.3, 0.4) is 0 Å². The molecule has 0 bridgehead atoms. The average Bonchev–Trinajstić information content (AvgIpc) is 3.43. The number of anilines is 2. The van der Waals surface area contributed by atoms with Crippen LogP contribution in [0, 0.1) is 0 Å². The molecule has 14 nitrogen and oxygen atoms in total. The summed E-state index contributed by atoms with van der Waals surface area (Å²) < 4.78 is 24.9. The number of imidazole rings is 1. The van der Waals surface area contributed by atoms with E-state index in [1.807, 2.05) is 6.07 Å². The molecule has 1 saturated heterocycles. The van der Waals surface area contributed by atoms with Crippen LogP contribution in [0.15, 0.2) is 49.3 Å². The van der Waals surface area contributed by atoms with Gasteiger partial charge in [0.15, 0.2) is 23.2 Å². The third kappa shape index (κ3) is 7.06. The summed E-state index contributed by atoms with van der Waals surface area (Å²) in [6, 6.07) is 7.87. The molecule has 6 N–H and O–H groups in total. The molecule has 0 saturated carbocycles. The number of hydrogen-bond acceptors (Lipinski definition) is 13. The molecule has 2 unspecified atom stereocenters. The fraction of sp³-hybridized carbons (Fsp3) is 0.462. The van der Waals surface area contributed by atoms with E-state index in [9.17, 15) is 15.0 Å². The number of benzene rings is 1. The summed E-state index contributed by atoms with van der Waals surface area (Å²) in [5.74, 6) is 0.237. The van der Waals surface area contributed by atoms with Crippen molar-refractivity contribution in [3.8, 4) is 5.75 Å². The standard InChI is InChI=1S/C26H36N7O7PS/c1-6-12-28-21-19-22(31-25(27)30-21)33(14-29-19)24-26(5,36)20(34)18(39-24)13-37-41(42,40-17-10-8-7-9-11-17)32-16(4)23(35)38-15(2)3/h6-11,14-16,18,20,24,34,36H,1,12-13H2,2-5H3,(H,32,42)(H3,27,28,30,31)/t16?,18-,20-,24-,26-,41?/m1/s1. The topological polar surface area (TPSA) is 188 Å². The largest absolute Gasteiger partial charge is 0.462 e. The Morgan fingerprint density at radius 1 is 1.33 bits per heavy atom. The molecule has 1 aliphatic rings. The van der Waals surface area contributed by atoms with Crippen LogP contribution in [-0.2, 0) is 30.6 Å². The SMILES string of the molecule is C=CCNc1nc(N)nc2c1ncn2[C@@H]1O[C@H](COP(=S)(NC(C)C(=O)OC(C)C)Oc2ccccc2)[C@@H](O)[C@@]1(C)O. The highest BCUT2D eigenvalue weighted by Gasteiger charge is 2.54. The molecule has 1 aliphatic heterocycles. The number of carbonyl (C=O) groups is 1. The Labute approximate surface area is 248 Å². The van der Waals surface area contributed by atoms with Crippen molar-refractivity contribution in [2.45, 2.75) is 63.9 Å². The Balaban J connectivity index is 1.56. The minimum absolute atomic E-state index is 0.0242. The molecule has 0 amide bonds. The molecule has 1 aromatic carbocycles. The molecule has 0 spiro atoms. The lowest BCUT2D eigenvalue weighted by Gasteiger charge is -2.28. The van der Waals surface area contributed by atoms with E-state index in [4.69, 9.17) is 36.1 Å². The van der Waals surface area contributed by atoms with Gasteiger partial charge in [0.25, 0.3) is 0 Å². The van der Waals surface area contributed by atoms with Gasteiger partial charge in [-0.3, -0.25) is 9.36 Å². The molecule has 3 heterocycles. The maximum absolute atomic E-state index is 12.5. The third-order valence-corrected chi connectivity index (χ3v) is 8.79. The van der Waals surface area contributed by atoms with Gasteiger partial charge in [0.2, 0.25) is 5.95 Å². The van der Waals surface area contributed by atoms with Crippen molar-refractivity contribution < 1.29 is 33.5 Å². The number of hydrogen-bond donors (Lipinski definition) is 5. The van der Waals surface area contributed by atoms with Gasteiger partial charge >= 0.3 is 12.6 Å². The lowest BCUT2D eigenvalue weighted by Crippen LogP contribution is -2.44. The van der Waals surface area contributed by atoms with Crippen LogP contribution in [-0.4, -0.2) is 78.8 Å². The number of fused-ring (bicyclic) bond motifs is 1. The van der Waals surface area contributed by atoms with Gasteiger partial charge in [-0.25, -0.2) is 10.1 Å². The van der Waals surface area contributed by atoms with Crippen molar-refractivity contribution in [2.24, 2.45) is 0 Å². The molecule has 16 heteroatoms. The summed E-state index contributed by atoms with van der Waals surface area (Å²) in [6.07, 6.45) is -0.861. The zero-order valence-electron chi connectivity index (χ0n) is 23.7. The monoisotopic (exact) mass is 621 g/mol. The van der Waals surface area contributed by atoms with Crippen LogP contribution < -0.4 is 20.7 Å². The summed E-state index contributed by atoms with van der Waals surface area (Å²) in [7, 11) is 0. The van der Waals surface area contributed by atoms with Crippen molar-refractivity contribution >= 4 is 47.3 Å². The van der Waals surface area contributed by atoms with Gasteiger partial charge in [-0.05, 0) is 51.6 Å². The molecule has 6 atom stereocenters. The van der Waals surface area contributed by atoms with E-state index in [2.05, 4.69) is 31.9 Å². The average molecular weight is 622 g/mol. The highest BCUT2D eigenvalue weighted by atomic mass is 32.5. The fourth-order valence-electron chi connectivity index (χ4n) is 4.28. The van der Waals surface area contributed by atoms with E-state index in [0.29, 0.717) is 23.6 Å². The number of rotatable bonds is 13. The maximum atomic E-state index is 12.5. The van der Waals surface area contributed by atoms with Gasteiger partial charge in [-0.2, -0.15) is 9.97 Å². The zero-order valence-corrected chi connectivity index (χ0v) is 25.4. The van der Waals surface area contributed by atoms with Crippen molar-refractivity contribution in [1.29, 1.82) is 0 Å². The minimum Gasteiger partial charge on any atom is -0.462 e. The Kier molecular flexibility index (Phi) is 9.83. The molecule has 2 aromatic heterocycles. The molecule has 1 fully saturated rings. The van der Waals surface area contributed by atoms with Crippen molar-refractivity contribution in [3.05, 3.63) is 49.3 Å². The third-order valence-electron chi connectivity index (χ3n) is 6.29. The number of ether oxygens (including phenoxy) is 2. The first kappa shape index (κ1) is 31.8. The predicted octanol–water partition coefficient (Wildman–Crippen LogP) is 2.27. The second-order valence-corrected chi connectivity index (χ2v) is 13.3. The first-order valence-corrected chi connectivity index (χ1v) is 15.9. The zero-order chi connectivity index (χ0) is 30.7. The Morgan fingerprint density at radius 3 is 2.71 bits per heavy atom. The first-order chi connectivity index (χ1) is 19.8. The predicted molar refractivity (Wildman–Crippen MR) is 160 cm³/mol. The summed E-state index contributed by atoms with van der Waals surface area (Å²) in [5.41, 5.74) is 4.79. The van der Waals surface area contributed by atoms with Crippen LogP contribution in [0.4, 0.5) is 11.8 Å². The Bertz CT molecular complexity index is 1460. The van der Waals surface area contributed by atoms with Gasteiger partial charge < -0.3 is 39.8 Å². The number of para-hydroxylation sites is 1. The van der Waals surface area contributed by atoms with E-state index in [1.54, 1.807) is 51.1 Å². The van der Waals surface area contributed by atoms with Gasteiger partial charge in [0, 0.05) is 6.54 Å². The molecule has 42 heavy (non-hydrogen) atoms. The lowest BCUT2D eigenvalue weighted by molar-refractivity contribution is -0.149. The number of aliphatic hydroxyl groups is 2. The van der Waals surface area contributed by atoms with Crippen molar-refractivity contribution in [3.63, 3.8) is 0 Å². The van der Waals surface area contributed by atoms with Gasteiger partial charge in [-0.1, -0.05) is 24.3 Å². The number of nitrogens with two attached hydrogens (primary N) is 1. The van der Waals surface area contributed by atoms with Crippen LogP contribution in [0.1, 0.15) is 33.9 Å². The van der Waals surface area contributed by atoms with Crippen molar-refractivity contribution in [2.75, 3.05) is 24.2 Å². The van der Waals surface area contributed by atoms with Crippen LogP contribution in [0.2, 0.25) is 0 Å². The van der Waals surface area contributed by atoms with Crippen molar-refractivity contribution in [1.82, 2.24) is 24.6 Å². The van der Waals surface area contributed by atoms with E-state index in [1.165, 1.54) is 17.8 Å². The fourth-order valence-corrected chi connectivity index (χ4v) is 6.70. The summed E-state index contributed by atoms with van der Waals surface area (Å²) in [4.78, 5) is 25.3. The number of nitrogens with one attached hydrogen (secondary N) is 2. The molecular formula is C26H36N7O7PS. The summed E-state index contributed by atoms with van der Waals surface area (Å²) in [6.45, 7) is 6.87. The van der Waals surface area contributed by atoms with E-state index in [0.717, 1.165) is 0 Å². The second kappa shape index (κ2) is 13.0. The number of aliphatic hydroxyl groups excluding tert-OH is 1. The molecular weight excluding hydrogens is 585 g/mol. The number of aromatic nitrogens is 4. The minimum atomic E-state index is -3.42.